The first-order valence-corrected chi connectivity index (χ1v) is 7.83. The van der Waals surface area contributed by atoms with Crippen LogP contribution < -0.4 is 10.6 Å². The Kier molecular flexibility index (Phi) is 8.07. The molecule has 1 rings (SSSR count). The Morgan fingerprint density at radius 1 is 1.10 bits per heavy atom. The molecule has 0 aromatic rings. The first-order chi connectivity index (χ1) is 9.59. The summed E-state index contributed by atoms with van der Waals surface area (Å²) in [4.78, 5) is 21.9. The monoisotopic (exact) mass is 284 g/mol. The van der Waals surface area contributed by atoms with Crippen molar-refractivity contribution in [3.8, 4) is 0 Å². The highest BCUT2D eigenvalue weighted by Gasteiger charge is 2.23. The minimum Gasteiger partial charge on any atom is -0.481 e. The molecule has 1 aliphatic rings. The van der Waals surface area contributed by atoms with E-state index in [1.54, 1.807) is 0 Å². The fourth-order valence-corrected chi connectivity index (χ4v) is 2.77. The fourth-order valence-electron chi connectivity index (χ4n) is 2.77. The summed E-state index contributed by atoms with van der Waals surface area (Å²) in [6.45, 7) is 3.71. The van der Waals surface area contributed by atoms with Gasteiger partial charge >= 0.3 is 12.0 Å². The zero-order chi connectivity index (χ0) is 14.8. The Bertz CT molecular complexity index is 307. The molecule has 2 unspecified atom stereocenters. The smallest absolute Gasteiger partial charge is 0.314 e. The number of nitrogens with one attached hydrogen (secondary N) is 2. The molecule has 0 heterocycles. The second-order valence-corrected chi connectivity index (χ2v) is 5.86. The van der Waals surface area contributed by atoms with Crippen LogP contribution in [0.5, 0.6) is 0 Å². The molecule has 5 heteroatoms. The van der Waals surface area contributed by atoms with Crippen LogP contribution in [0.15, 0.2) is 0 Å². The van der Waals surface area contributed by atoms with Gasteiger partial charge < -0.3 is 15.7 Å². The molecule has 0 aromatic carbocycles. The molecule has 0 radical (unpaired) electrons. The van der Waals surface area contributed by atoms with E-state index in [-0.39, 0.29) is 12.5 Å². The topological polar surface area (TPSA) is 78.4 Å². The van der Waals surface area contributed by atoms with E-state index < -0.39 is 5.97 Å². The van der Waals surface area contributed by atoms with E-state index in [1.165, 1.54) is 19.3 Å². The predicted octanol–water partition coefficient (Wildman–Crippen LogP) is 2.76. The van der Waals surface area contributed by atoms with Gasteiger partial charge in [-0.1, -0.05) is 32.6 Å². The van der Waals surface area contributed by atoms with Crippen LogP contribution in [-0.4, -0.2) is 30.2 Å². The summed E-state index contributed by atoms with van der Waals surface area (Å²) >= 11 is 0. The SMILES string of the molecule is CC1CCCC1CNC(=O)NCCCCCCC(=O)O. The number of rotatable bonds is 9. The third-order valence-corrected chi connectivity index (χ3v) is 4.17. The van der Waals surface area contributed by atoms with E-state index in [9.17, 15) is 9.59 Å². The minimum absolute atomic E-state index is 0.0744. The molecule has 1 fully saturated rings. The molecular weight excluding hydrogens is 256 g/mol. The molecule has 2 atom stereocenters. The third-order valence-electron chi connectivity index (χ3n) is 4.17. The molecule has 3 N–H and O–H groups in total. The van der Waals surface area contributed by atoms with Gasteiger partial charge in [0, 0.05) is 19.5 Å². The molecule has 1 aliphatic carbocycles. The van der Waals surface area contributed by atoms with Crippen molar-refractivity contribution in [2.24, 2.45) is 11.8 Å². The van der Waals surface area contributed by atoms with E-state index in [0.717, 1.165) is 38.1 Å². The van der Waals surface area contributed by atoms with E-state index in [1.807, 2.05) is 0 Å². The summed E-state index contributed by atoms with van der Waals surface area (Å²) in [6, 6.07) is -0.0744. The number of hydrogen-bond donors (Lipinski definition) is 3. The number of unbranched alkanes of at least 4 members (excludes halogenated alkanes) is 3. The molecule has 1 saturated carbocycles. The third kappa shape index (κ3) is 7.36. The number of carboxylic acids is 1. The maximum atomic E-state index is 11.6. The Labute approximate surface area is 121 Å². The summed E-state index contributed by atoms with van der Waals surface area (Å²) in [5, 5.41) is 14.3. The zero-order valence-corrected chi connectivity index (χ0v) is 12.5. The first kappa shape index (κ1) is 16.8. The number of amides is 2. The van der Waals surface area contributed by atoms with Crippen LogP contribution in [0.25, 0.3) is 0 Å². The summed E-state index contributed by atoms with van der Waals surface area (Å²) in [5.41, 5.74) is 0. The molecule has 0 spiro atoms. The van der Waals surface area contributed by atoms with Crippen LogP contribution in [0.1, 0.15) is 58.3 Å². The fraction of sp³-hybridized carbons (Fsp3) is 0.867. The lowest BCUT2D eigenvalue weighted by molar-refractivity contribution is -0.137. The van der Waals surface area contributed by atoms with Crippen molar-refractivity contribution >= 4 is 12.0 Å². The van der Waals surface area contributed by atoms with Crippen molar-refractivity contribution in [2.45, 2.75) is 58.3 Å². The summed E-state index contributed by atoms with van der Waals surface area (Å²) in [5.74, 6) is 0.630. The zero-order valence-electron chi connectivity index (χ0n) is 12.5. The van der Waals surface area contributed by atoms with E-state index >= 15 is 0 Å². The van der Waals surface area contributed by atoms with Crippen LogP contribution in [0.4, 0.5) is 4.79 Å². The summed E-state index contributed by atoms with van der Waals surface area (Å²) < 4.78 is 0. The molecule has 0 aromatic heterocycles. The average molecular weight is 284 g/mol. The molecule has 2 amide bonds. The van der Waals surface area contributed by atoms with Crippen molar-refractivity contribution in [1.82, 2.24) is 10.6 Å². The summed E-state index contributed by atoms with van der Waals surface area (Å²) in [7, 11) is 0. The molecule has 0 aliphatic heterocycles. The highest BCUT2D eigenvalue weighted by Crippen LogP contribution is 2.30. The quantitative estimate of drug-likeness (QED) is 0.570. The van der Waals surface area contributed by atoms with Gasteiger partial charge in [-0.15, -0.1) is 0 Å². The van der Waals surface area contributed by atoms with Crippen molar-refractivity contribution in [1.29, 1.82) is 0 Å². The van der Waals surface area contributed by atoms with E-state index in [2.05, 4.69) is 17.6 Å². The Morgan fingerprint density at radius 2 is 1.85 bits per heavy atom. The van der Waals surface area contributed by atoms with Crippen LogP contribution in [0.2, 0.25) is 0 Å². The second kappa shape index (κ2) is 9.61. The predicted molar refractivity (Wildman–Crippen MR) is 78.6 cm³/mol. The minimum atomic E-state index is -0.733. The maximum Gasteiger partial charge on any atom is 0.314 e. The number of carbonyl (C=O) groups excluding carboxylic acids is 1. The van der Waals surface area contributed by atoms with Gasteiger partial charge in [0.15, 0.2) is 0 Å². The lowest BCUT2D eigenvalue weighted by Crippen LogP contribution is -2.39. The number of aliphatic carboxylic acids is 1. The van der Waals surface area contributed by atoms with Gasteiger partial charge in [-0.05, 0) is 31.1 Å². The van der Waals surface area contributed by atoms with Crippen LogP contribution in [-0.2, 0) is 4.79 Å². The van der Waals surface area contributed by atoms with E-state index in [4.69, 9.17) is 5.11 Å². The van der Waals surface area contributed by atoms with Gasteiger partial charge in [0.05, 0.1) is 0 Å². The number of urea groups is 1. The molecule has 0 bridgehead atoms. The highest BCUT2D eigenvalue weighted by molar-refractivity contribution is 5.73. The molecule has 0 saturated heterocycles. The van der Waals surface area contributed by atoms with Gasteiger partial charge in [0.25, 0.3) is 0 Å². The van der Waals surface area contributed by atoms with Gasteiger partial charge in [-0.3, -0.25) is 4.79 Å². The second-order valence-electron chi connectivity index (χ2n) is 5.86. The normalized spacial score (nSPS) is 21.6. The van der Waals surface area contributed by atoms with Crippen LogP contribution >= 0.6 is 0 Å². The number of carbonyl (C=O) groups is 2. The van der Waals surface area contributed by atoms with Gasteiger partial charge in [-0.25, -0.2) is 4.79 Å². The van der Waals surface area contributed by atoms with Crippen molar-refractivity contribution in [2.75, 3.05) is 13.1 Å². The van der Waals surface area contributed by atoms with Crippen LogP contribution in [0.3, 0.4) is 0 Å². The lowest BCUT2D eigenvalue weighted by Gasteiger charge is -2.16. The van der Waals surface area contributed by atoms with Gasteiger partial charge in [0.1, 0.15) is 0 Å². The maximum absolute atomic E-state index is 11.6. The number of hydrogen-bond acceptors (Lipinski definition) is 2. The van der Waals surface area contributed by atoms with Crippen molar-refractivity contribution in [3.63, 3.8) is 0 Å². The first-order valence-electron chi connectivity index (χ1n) is 7.83. The van der Waals surface area contributed by atoms with Gasteiger partial charge in [0.2, 0.25) is 0 Å². The van der Waals surface area contributed by atoms with E-state index in [0.29, 0.717) is 12.5 Å². The average Bonchev–Trinajstić information content (AvgIpc) is 2.80. The van der Waals surface area contributed by atoms with Crippen molar-refractivity contribution in [3.05, 3.63) is 0 Å². The molecule has 20 heavy (non-hydrogen) atoms. The van der Waals surface area contributed by atoms with Gasteiger partial charge in [-0.2, -0.15) is 0 Å². The molecule has 116 valence electrons. The molecular formula is C15H28N2O3. The Hall–Kier alpha value is -1.26. The molecule has 5 nitrogen and oxygen atoms in total. The van der Waals surface area contributed by atoms with Crippen LogP contribution in [0, 0.1) is 11.8 Å². The number of carboxylic acid groups (broad SMARTS) is 1. The highest BCUT2D eigenvalue weighted by atomic mass is 16.4. The lowest BCUT2D eigenvalue weighted by atomic mass is 9.98. The largest absolute Gasteiger partial charge is 0.481 e. The van der Waals surface area contributed by atoms with Crippen molar-refractivity contribution < 1.29 is 14.7 Å². The Morgan fingerprint density at radius 3 is 2.50 bits per heavy atom. The summed E-state index contributed by atoms with van der Waals surface area (Å²) in [6.07, 6.45) is 7.55. The Balaban J connectivity index is 1.91. The standard InChI is InChI=1S/C15H28N2O3/c1-12-7-6-8-13(12)11-17-15(20)16-10-5-3-2-4-9-14(18)19/h12-13H,2-11H2,1H3,(H,18,19)(H2,16,17,20).